The van der Waals surface area contributed by atoms with Gasteiger partial charge in [-0.15, -0.1) is 0 Å². The average molecular weight is 791 g/mol. The average Bonchev–Trinajstić information content (AvgIpc) is 3.98. The van der Waals surface area contributed by atoms with Gasteiger partial charge >= 0.3 is 0 Å². The molecule has 0 fully saturated rings. The van der Waals surface area contributed by atoms with Gasteiger partial charge in [-0.3, -0.25) is 0 Å². The fraction of sp³-hybridized carbons (Fsp3) is 0.231. The molecule has 0 atom stereocenters. The van der Waals surface area contributed by atoms with Crippen molar-refractivity contribution in [1.82, 2.24) is 19.9 Å². The number of H-pyrrole nitrogens is 2. The number of hydrogen-bond acceptors (Lipinski definition) is 2. The van der Waals surface area contributed by atoms with Gasteiger partial charge in [0.05, 0.1) is 22.8 Å². The summed E-state index contributed by atoms with van der Waals surface area (Å²) in [5.41, 5.74) is 22.4. The maximum absolute atomic E-state index is 5.58. The van der Waals surface area contributed by atoms with Gasteiger partial charge in [-0.05, 0) is 94.5 Å². The number of rotatable bonds is 8. The lowest BCUT2D eigenvalue weighted by Crippen LogP contribution is -2.25. The monoisotopic (exact) mass is 790 g/mol. The number of nitrogens with one attached hydrogen (secondary N) is 2. The molecule has 9 rings (SSSR count). The smallest absolute Gasteiger partial charge is 0.169 e. The van der Waals surface area contributed by atoms with Crippen LogP contribution in [0.4, 0.5) is 0 Å². The largest absolute Gasteiger partial charge is 0.355 e. The van der Waals surface area contributed by atoms with E-state index in [0.29, 0.717) is 0 Å². The SMILES string of the molecule is CCC1=C(c2cc[n+](C)cc2)c2cc3[nH]c(cc4nc(cc5[nH]c(cc1n2)c(CC)c5-c1cc[n+](C)cc1)C(CC)=C4c1cc[n+](C)cc1)c(-c1cc[n+](C)cc1)c3CC. The molecule has 0 spiro atoms. The number of pyridine rings is 4. The van der Waals surface area contributed by atoms with Gasteiger partial charge < -0.3 is 9.97 Å². The number of allylic oxidation sites excluding steroid dienone is 2. The zero-order valence-corrected chi connectivity index (χ0v) is 36.1. The van der Waals surface area contributed by atoms with Crippen molar-refractivity contribution >= 4 is 44.4 Å². The van der Waals surface area contributed by atoms with Gasteiger partial charge in [0.15, 0.2) is 49.6 Å². The molecule has 0 aliphatic carbocycles. The first-order valence-corrected chi connectivity index (χ1v) is 21.3. The minimum atomic E-state index is 0.825. The first-order chi connectivity index (χ1) is 29.2. The van der Waals surface area contributed by atoms with E-state index in [1.807, 2.05) is 0 Å². The number of hydrogen-bond donors (Lipinski definition) is 2. The molecule has 2 N–H and O–H groups in total. The summed E-state index contributed by atoms with van der Waals surface area (Å²) in [4.78, 5) is 19.1. The Labute approximate surface area is 352 Å². The Morgan fingerprint density at radius 1 is 0.383 bits per heavy atom. The molecular formula is C52H54N8+4. The summed E-state index contributed by atoms with van der Waals surface area (Å²) in [6.45, 7) is 9.01. The molecule has 0 radical (unpaired) electrons. The van der Waals surface area contributed by atoms with Gasteiger partial charge in [-0.25, -0.2) is 28.2 Å². The second-order valence-corrected chi connectivity index (χ2v) is 16.1. The Bertz CT molecular complexity index is 3020. The maximum Gasteiger partial charge on any atom is 0.169 e. The molecule has 0 aromatic carbocycles. The summed E-state index contributed by atoms with van der Waals surface area (Å²) < 4.78 is 8.35. The third kappa shape index (κ3) is 6.85. The first-order valence-electron chi connectivity index (χ1n) is 21.3. The molecule has 8 heteroatoms. The molecule has 2 aliphatic rings. The lowest BCUT2D eigenvalue weighted by atomic mass is 9.94. The highest BCUT2D eigenvalue weighted by Crippen LogP contribution is 2.42. The molecule has 0 unspecified atom stereocenters. The Hall–Kier alpha value is -6.80. The van der Waals surface area contributed by atoms with Crippen molar-refractivity contribution in [3.63, 3.8) is 0 Å². The lowest BCUT2D eigenvalue weighted by Gasteiger charge is -2.07. The van der Waals surface area contributed by atoms with E-state index in [9.17, 15) is 0 Å². The molecule has 7 aromatic rings. The number of aromatic nitrogens is 8. The number of aryl methyl sites for hydroxylation is 6. The fourth-order valence-corrected chi connectivity index (χ4v) is 9.11. The molecule has 2 aliphatic heterocycles. The van der Waals surface area contributed by atoms with E-state index in [2.05, 4.69) is 206 Å². The molecule has 60 heavy (non-hydrogen) atoms. The molecule has 0 saturated carbocycles. The molecular weight excluding hydrogens is 737 g/mol. The van der Waals surface area contributed by atoms with Crippen LogP contribution < -0.4 is 18.3 Å². The van der Waals surface area contributed by atoms with Gasteiger partial charge in [-0.2, -0.15) is 0 Å². The Balaban J connectivity index is 1.49. The van der Waals surface area contributed by atoms with Gasteiger partial charge in [0.1, 0.15) is 28.2 Å². The predicted molar refractivity (Wildman–Crippen MR) is 241 cm³/mol. The Morgan fingerprint density at radius 2 is 0.683 bits per heavy atom. The lowest BCUT2D eigenvalue weighted by molar-refractivity contribution is -0.671. The molecule has 0 amide bonds. The van der Waals surface area contributed by atoms with Crippen LogP contribution in [-0.4, -0.2) is 19.9 Å². The second-order valence-electron chi connectivity index (χ2n) is 16.1. The van der Waals surface area contributed by atoms with Crippen LogP contribution in [-0.2, 0) is 41.0 Å². The van der Waals surface area contributed by atoms with Crippen LogP contribution in [0.15, 0.2) is 122 Å². The van der Waals surface area contributed by atoms with Crippen molar-refractivity contribution in [1.29, 1.82) is 0 Å². The van der Waals surface area contributed by atoms with Crippen molar-refractivity contribution in [2.45, 2.75) is 53.4 Å². The van der Waals surface area contributed by atoms with Crippen LogP contribution in [0.3, 0.4) is 0 Å². The Kier molecular flexibility index (Phi) is 10.2. The van der Waals surface area contributed by atoms with Crippen LogP contribution in [0.2, 0.25) is 0 Å². The van der Waals surface area contributed by atoms with Crippen molar-refractivity contribution in [2.24, 2.45) is 28.2 Å². The summed E-state index contributed by atoms with van der Waals surface area (Å²) in [6.07, 6.45) is 20.4. The first kappa shape index (κ1) is 38.7. The molecule has 0 saturated heterocycles. The van der Waals surface area contributed by atoms with E-state index >= 15 is 0 Å². The van der Waals surface area contributed by atoms with E-state index < -0.39 is 0 Å². The standard InChI is InChI=1S/C52H53N8/c1-9-37-41-29-42-38(10-2)50(34-15-23-58(6)24-16-34)46(54-42)31-44-40(12-4)52(36-19-27-60(8)28-20-36)48(56-44)32-47-51(35-17-25-59(7)26-18-35)39(11-3)43(55-47)30-45(53-41)49(37)33-13-21-57(5)22-14-33/h13-32H,9-12H2,1-8H3,(H,53,54,55,56)/q+3/p+1. The number of aromatic amines is 2. The minimum absolute atomic E-state index is 0.825. The van der Waals surface area contributed by atoms with Crippen LogP contribution in [0, 0.1) is 0 Å². The third-order valence-electron chi connectivity index (χ3n) is 12.2. The van der Waals surface area contributed by atoms with Crippen LogP contribution in [0.1, 0.15) is 85.6 Å². The van der Waals surface area contributed by atoms with Gasteiger partial charge in [-0.1, -0.05) is 27.7 Å². The summed E-state index contributed by atoms with van der Waals surface area (Å²) in [5, 5.41) is 0. The van der Waals surface area contributed by atoms with Gasteiger partial charge in [0.25, 0.3) is 0 Å². The summed E-state index contributed by atoms with van der Waals surface area (Å²) in [5.74, 6) is 0. The normalized spacial score (nSPS) is 12.8. The highest BCUT2D eigenvalue weighted by Gasteiger charge is 2.26. The third-order valence-corrected chi connectivity index (χ3v) is 12.2. The molecule has 9 heterocycles. The quantitative estimate of drug-likeness (QED) is 0.151. The van der Waals surface area contributed by atoms with E-state index in [1.54, 1.807) is 0 Å². The topological polar surface area (TPSA) is 72.9 Å². The molecule has 8 bridgehead atoms. The summed E-state index contributed by atoms with van der Waals surface area (Å²) >= 11 is 0. The van der Waals surface area contributed by atoms with Crippen LogP contribution >= 0.6 is 0 Å². The van der Waals surface area contributed by atoms with Crippen molar-refractivity contribution in [2.75, 3.05) is 0 Å². The van der Waals surface area contributed by atoms with Crippen molar-refractivity contribution in [3.05, 3.63) is 167 Å². The van der Waals surface area contributed by atoms with Crippen molar-refractivity contribution in [3.8, 4) is 22.3 Å². The van der Waals surface area contributed by atoms with E-state index in [0.717, 1.165) is 92.8 Å². The van der Waals surface area contributed by atoms with Crippen LogP contribution in [0.5, 0.6) is 0 Å². The highest BCUT2D eigenvalue weighted by atomic mass is 14.9. The Morgan fingerprint density at radius 3 is 1.02 bits per heavy atom. The zero-order chi connectivity index (χ0) is 41.7. The number of fused-ring (bicyclic) bond motifs is 8. The molecule has 7 aromatic heterocycles. The minimum Gasteiger partial charge on any atom is -0.355 e. The predicted octanol–water partition coefficient (Wildman–Crippen LogP) is 8.81. The highest BCUT2D eigenvalue weighted by molar-refractivity contribution is 6.04. The maximum atomic E-state index is 5.58. The zero-order valence-electron chi connectivity index (χ0n) is 36.1. The van der Waals surface area contributed by atoms with E-state index in [4.69, 9.17) is 9.97 Å². The summed E-state index contributed by atoms with van der Waals surface area (Å²) in [6, 6.07) is 26.9. The van der Waals surface area contributed by atoms with Crippen LogP contribution in [0.25, 0.3) is 66.6 Å². The van der Waals surface area contributed by atoms with Crippen molar-refractivity contribution < 1.29 is 18.3 Å². The molecule has 298 valence electrons. The second kappa shape index (κ2) is 15.8. The van der Waals surface area contributed by atoms with E-state index in [-0.39, 0.29) is 0 Å². The van der Waals surface area contributed by atoms with Gasteiger partial charge in [0.2, 0.25) is 0 Å². The molecule has 8 nitrogen and oxygen atoms in total. The summed E-state index contributed by atoms with van der Waals surface area (Å²) in [7, 11) is 8.26. The van der Waals surface area contributed by atoms with E-state index in [1.165, 1.54) is 44.5 Å². The number of nitrogens with zero attached hydrogens (tertiary/aromatic N) is 6. The fourth-order valence-electron chi connectivity index (χ4n) is 9.11. The van der Waals surface area contributed by atoms with Gasteiger partial charge in [0, 0.05) is 92.9 Å².